The lowest BCUT2D eigenvalue weighted by Gasteiger charge is -2.31. The number of sulfonamides is 1. The summed E-state index contributed by atoms with van der Waals surface area (Å²) in [5, 5.41) is 3.11. The Balaban J connectivity index is 1.76. The molecule has 0 saturated carbocycles. The third-order valence-electron chi connectivity index (χ3n) is 4.75. The summed E-state index contributed by atoms with van der Waals surface area (Å²) in [6.07, 6.45) is 0.999. The Labute approximate surface area is 148 Å². The molecule has 2 aromatic rings. The van der Waals surface area contributed by atoms with E-state index in [1.54, 1.807) is 19.2 Å². The van der Waals surface area contributed by atoms with Crippen molar-refractivity contribution in [2.75, 3.05) is 27.2 Å². The van der Waals surface area contributed by atoms with Crippen LogP contribution in [0.1, 0.15) is 12.8 Å². The van der Waals surface area contributed by atoms with E-state index >= 15 is 0 Å². The highest BCUT2D eigenvalue weighted by Crippen LogP contribution is 2.27. The molecular formula is C18H22N2O4S. The van der Waals surface area contributed by atoms with Crippen molar-refractivity contribution in [3.8, 4) is 0 Å². The molecule has 0 bridgehead atoms. The average Bonchev–Trinajstić information content (AvgIpc) is 2.66. The molecule has 3 rings (SSSR count). The van der Waals surface area contributed by atoms with Crippen LogP contribution in [0.2, 0.25) is 0 Å². The fourth-order valence-corrected chi connectivity index (χ4v) is 4.67. The van der Waals surface area contributed by atoms with E-state index < -0.39 is 10.0 Å². The molecule has 1 fully saturated rings. The van der Waals surface area contributed by atoms with Crippen molar-refractivity contribution in [2.45, 2.75) is 17.7 Å². The van der Waals surface area contributed by atoms with Crippen LogP contribution in [0.4, 0.5) is 0 Å². The van der Waals surface area contributed by atoms with Crippen molar-refractivity contribution in [2.24, 2.45) is 5.92 Å². The summed E-state index contributed by atoms with van der Waals surface area (Å²) in [6.45, 7) is 0.673. The maximum atomic E-state index is 12.9. The predicted molar refractivity (Wildman–Crippen MR) is 95.2 cm³/mol. The number of piperidine rings is 1. The first-order valence-corrected chi connectivity index (χ1v) is 9.68. The Bertz CT molecular complexity index is 874. The molecule has 0 radical (unpaired) electrons. The van der Waals surface area contributed by atoms with Gasteiger partial charge in [0.25, 0.3) is 0 Å². The van der Waals surface area contributed by atoms with Gasteiger partial charge in [0.1, 0.15) is 0 Å². The van der Waals surface area contributed by atoms with Crippen molar-refractivity contribution < 1.29 is 18.0 Å². The highest BCUT2D eigenvalue weighted by molar-refractivity contribution is 7.89. The maximum Gasteiger partial charge on any atom is 0.249 e. The van der Waals surface area contributed by atoms with Crippen LogP contribution >= 0.6 is 0 Å². The quantitative estimate of drug-likeness (QED) is 0.783. The lowest BCUT2D eigenvalue weighted by Crippen LogP contribution is -2.43. The highest BCUT2D eigenvalue weighted by atomic mass is 32.2. The number of benzene rings is 2. The Hall–Kier alpha value is -1.96. The van der Waals surface area contributed by atoms with Crippen molar-refractivity contribution in [1.29, 1.82) is 0 Å². The lowest BCUT2D eigenvalue weighted by molar-refractivity contribution is -0.174. The van der Waals surface area contributed by atoms with Crippen LogP contribution in [0.25, 0.3) is 10.8 Å². The van der Waals surface area contributed by atoms with Gasteiger partial charge < -0.3 is 0 Å². The first kappa shape index (κ1) is 17.8. The fraction of sp³-hybridized carbons (Fsp3) is 0.389. The molecule has 134 valence electrons. The molecule has 1 aliphatic rings. The topological polar surface area (TPSA) is 66.9 Å². The highest BCUT2D eigenvalue weighted by Gasteiger charge is 2.33. The number of amides is 1. The van der Waals surface area contributed by atoms with Crippen molar-refractivity contribution in [3.05, 3.63) is 42.5 Å². The van der Waals surface area contributed by atoms with Gasteiger partial charge in [-0.15, -0.1) is 0 Å². The number of hydroxylamine groups is 2. The Morgan fingerprint density at radius 2 is 1.76 bits per heavy atom. The standard InChI is InChI=1S/C18H22N2O4S/c1-19(24-2)18(21)15-9-11-20(12-10-15)25(22,23)17-8-7-14-5-3-4-6-16(14)13-17/h3-8,13,15H,9-12H2,1-2H3. The molecule has 0 spiro atoms. The zero-order chi connectivity index (χ0) is 18.0. The summed E-state index contributed by atoms with van der Waals surface area (Å²) >= 11 is 0. The molecular weight excluding hydrogens is 340 g/mol. The van der Waals surface area contributed by atoms with E-state index in [0.717, 1.165) is 10.8 Å². The SMILES string of the molecule is CON(C)C(=O)C1CCN(S(=O)(=O)c2ccc3ccccc3c2)CC1. The zero-order valence-corrected chi connectivity index (χ0v) is 15.2. The summed E-state index contributed by atoms with van der Waals surface area (Å²) in [6, 6.07) is 12.9. The maximum absolute atomic E-state index is 12.9. The molecule has 2 aromatic carbocycles. The second kappa shape index (κ2) is 7.11. The number of carbonyl (C=O) groups is 1. The van der Waals surface area contributed by atoms with E-state index in [1.165, 1.54) is 16.5 Å². The number of hydrogen-bond donors (Lipinski definition) is 0. The number of rotatable bonds is 4. The van der Waals surface area contributed by atoms with Gasteiger partial charge in [-0.3, -0.25) is 9.63 Å². The van der Waals surface area contributed by atoms with Crippen LogP contribution < -0.4 is 0 Å². The Morgan fingerprint density at radius 1 is 1.12 bits per heavy atom. The number of nitrogens with zero attached hydrogens (tertiary/aromatic N) is 2. The molecule has 1 aliphatic heterocycles. The average molecular weight is 362 g/mol. The Morgan fingerprint density at radius 3 is 2.40 bits per heavy atom. The smallest absolute Gasteiger partial charge is 0.249 e. The third-order valence-corrected chi connectivity index (χ3v) is 6.64. The van der Waals surface area contributed by atoms with Crippen LogP contribution in [0.3, 0.4) is 0 Å². The number of fused-ring (bicyclic) bond motifs is 1. The molecule has 0 N–H and O–H groups in total. The van der Waals surface area contributed by atoms with Crippen LogP contribution in [0.5, 0.6) is 0 Å². The van der Waals surface area contributed by atoms with Crippen LogP contribution in [0, 0.1) is 5.92 Å². The van der Waals surface area contributed by atoms with Gasteiger partial charge in [-0.25, -0.2) is 13.5 Å². The van der Waals surface area contributed by atoms with E-state index in [4.69, 9.17) is 4.84 Å². The first-order chi connectivity index (χ1) is 11.9. The van der Waals surface area contributed by atoms with Crippen molar-refractivity contribution in [3.63, 3.8) is 0 Å². The van der Waals surface area contributed by atoms with E-state index in [0.29, 0.717) is 30.8 Å². The summed E-state index contributed by atoms with van der Waals surface area (Å²) in [7, 11) is -0.540. The minimum Gasteiger partial charge on any atom is -0.275 e. The van der Waals surface area contributed by atoms with Gasteiger partial charge in [0.05, 0.1) is 12.0 Å². The summed E-state index contributed by atoms with van der Waals surface area (Å²) in [5.41, 5.74) is 0. The normalized spacial score (nSPS) is 16.9. The summed E-state index contributed by atoms with van der Waals surface area (Å²) in [5.74, 6) is -0.307. The van der Waals surface area contributed by atoms with Crippen LogP contribution in [-0.2, 0) is 19.7 Å². The van der Waals surface area contributed by atoms with Crippen molar-refractivity contribution >= 4 is 26.7 Å². The number of carbonyl (C=O) groups excluding carboxylic acids is 1. The molecule has 0 unspecified atom stereocenters. The third kappa shape index (κ3) is 3.53. The van der Waals surface area contributed by atoms with Gasteiger partial charge in [-0.05, 0) is 35.7 Å². The molecule has 25 heavy (non-hydrogen) atoms. The largest absolute Gasteiger partial charge is 0.275 e. The van der Waals surface area contributed by atoms with Gasteiger partial charge in [-0.1, -0.05) is 30.3 Å². The van der Waals surface area contributed by atoms with Gasteiger partial charge in [0.15, 0.2) is 0 Å². The molecule has 7 heteroatoms. The van der Waals surface area contributed by atoms with E-state index in [9.17, 15) is 13.2 Å². The fourth-order valence-electron chi connectivity index (χ4n) is 3.17. The van der Waals surface area contributed by atoms with Gasteiger partial charge in [0.2, 0.25) is 15.9 Å². The molecule has 0 atom stereocenters. The predicted octanol–water partition coefficient (Wildman–Crippen LogP) is 2.26. The van der Waals surface area contributed by atoms with Gasteiger partial charge in [0, 0.05) is 26.1 Å². The minimum atomic E-state index is -3.55. The molecule has 1 amide bonds. The molecule has 1 heterocycles. The van der Waals surface area contributed by atoms with Crippen molar-refractivity contribution in [1.82, 2.24) is 9.37 Å². The van der Waals surface area contributed by atoms with Crippen LogP contribution in [0.15, 0.2) is 47.4 Å². The van der Waals surface area contributed by atoms with Crippen LogP contribution in [-0.4, -0.2) is 50.9 Å². The first-order valence-electron chi connectivity index (χ1n) is 8.24. The summed E-state index contributed by atoms with van der Waals surface area (Å²) in [4.78, 5) is 17.4. The minimum absolute atomic E-state index is 0.106. The zero-order valence-electron chi connectivity index (χ0n) is 14.4. The second-order valence-electron chi connectivity index (χ2n) is 6.21. The molecule has 6 nitrogen and oxygen atoms in total. The van der Waals surface area contributed by atoms with E-state index in [-0.39, 0.29) is 11.8 Å². The second-order valence-corrected chi connectivity index (χ2v) is 8.14. The molecule has 0 aliphatic carbocycles. The van der Waals surface area contributed by atoms with Gasteiger partial charge in [-0.2, -0.15) is 4.31 Å². The molecule has 0 aromatic heterocycles. The molecule has 1 saturated heterocycles. The Kier molecular flexibility index (Phi) is 5.08. The monoisotopic (exact) mass is 362 g/mol. The number of hydrogen-bond acceptors (Lipinski definition) is 4. The van der Waals surface area contributed by atoms with Gasteiger partial charge >= 0.3 is 0 Å². The lowest BCUT2D eigenvalue weighted by atomic mass is 9.97. The summed E-state index contributed by atoms with van der Waals surface area (Å²) < 4.78 is 27.3. The van der Waals surface area contributed by atoms with E-state index in [2.05, 4.69) is 0 Å². The van der Waals surface area contributed by atoms with E-state index in [1.807, 2.05) is 30.3 Å².